The number of H-pyrrole nitrogens is 1. The second kappa shape index (κ2) is 6.75. The van der Waals surface area contributed by atoms with Crippen LogP contribution in [0.15, 0.2) is 97.1 Å². The van der Waals surface area contributed by atoms with E-state index in [-0.39, 0.29) is 0 Å². The number of hydrogen-bond acceptors (Lipinski definition) is 1. The third-order valence-electron chi connectivity index (χ3n) is 8.31. The summed E-state index contributed by atoms with van der Waals surface area (Å²) in [5, 5.41) is 6.94. The number of benzene rings is 5. The SMILES string of the molecule is C1=CC(c2ccc3sc4ccccc4c3c2)Cc2c1[nH]c1cc3c4c(cccc4c21)-c1ccccc1-3. The number of thiophene rings is 1. The van der Waals surface area contributed by atoms with Crippen molar-refractivity contribution in [1.29, 1.82) is 0 Å². The van der Waals surface area contributed by atoms with Crippen LogP contribution in [-0.2, 0) is 6.42 Å². The monoisotopic (exact) mass is 475 g/mol. The molecule has 2 aliphatic carbocycles. The van der Waals surface area contributed by atoms with Crippen LogP contribution in [0, 0.1) is 0 Å². The fourth-order valence-corrected chi connectivity index (χ4v) is 7.80. The van der Waals surface area contributed by atoms with Gasteiger partial charge in [0.15, 0.2) is 0 Å². The Hall–Kier alpha value is -4.14. The first-order valence-electron chi connectivity index (χ1n) is 12.6. The van der Waals surface area contributed by atoms with Gasteiger partial charge in [-0.1, -0.05) is 72.8 Å². The molecular formula is C34H21NS. The maximum atomic E-state index is 3.77. The molecule has 0 bridgehead atoms. The van der Waals surface area contributed by atoms with Crippen LogP contribution in [0.4, 0.5) is 0 Å². The van der Waals surface area contributed by atoms with Gasteiger partial charge >= 0.3 is 0 Å². The van der Waals surface area contributed by atoms with Gasteiger partial charge in [-0.2, -0.15) is 0 Å². The molecule has 168 valence electrons. The van der Waals surface area contributed by atoms with E-state index in [0.717, 1.165) is 6.42 Å². The first kappa shape index (κ1) is 19.1. The van der Waals surface area contributed by atoms with Crippen molar-refractivity contribution in [1.82, 2.24) is 4.98 Å². The van der Waals surface area contributed by atoms with Crippen molar-refractivity contribution in [2.75, 3.05) is 0 Å². The second-order valence-electron chi connectivity index (χ2n) is 10.2. The molecule has 0 saturated carbocycles. The van der Waals surface area contributed by atoms with Gasteiger partial charge in [0.05, 0.1) is 0 Å². The molecule has 5 aromatic carbocycles. The highest BCUT2D eigenvalue weighted by Gasteiger charge is 2.26. The summed E-state index contributed by atoms with van der Waals surface area (Å²) in [6, 6.07) is 33.9. The number of allylic oxidation sites excluding steroid dienone is 1. The predicted molar refractivity (Wildman–Crippen MR) is 155 cm³/mol. The minimum atomic E-state index is 0.375. The largest absolute Gasteiger partial charge is 0.355 e. The van der Waals surface area contributed by atoms with Crippen LogP contribution >= 0.6 is 11.3 Å². The van der Waals surface area contributed by atoms with E-state index in [2.05, 4.69) is 108 Å². The highest BCUT2D eigenvalue weighted by molar-refractivity contribution is 7.25. The van der Waals surface area contributed by atoms with E-state index in [9.17, 15) is 0 Å². The van der Waals surface area contributed by atoms with Gasteiger partial charge in [-0.25, -0.2) is 0 Å². The standard InChI is InChI=1S/C34H21NS/c1-2-7-22-21(6-1)24-9-5-10-25-33(24)27(22)18-30-34(25)28-17-19(12-14-29(28)35-30)20-13-15-32-26(16-20)23-8-3-4-11-31(23)36-32/h1-16,18-19,35H,17H2. The minimum Gasteiger partial charge on any atom is -0.355 e. The van der Waals surface area contributed by atoms with Crippen LogP contribution < -0.4 is 0 Å². The number of hydrogen-bond donors (Lipinski definition) is 1. The summed E-state index contributed by atoms with van der Waals surface area (Å²) in [4.78, 5) is 3.77. The van der Waals surface area contributed by atoms with E-state index in [1.54, 1.807) is 0 Å². The van der Waals surface area contributed by atoms with Crippen LogP contribution in [0.5, 0.6) is 0 Å². The average Bonchev–Trinajstić information content (AvgIpc) is 3.59. The summed E-state index contributed by atoms with van der Waals surface area (Å²) < 4.78 is 2.74. The predicted octanol–water partition coefficient (Wildman–Crippen LogP) is 9.69. The molecule has 7 aromatic rings. The average molecular weight is 476 g/mol. The number of rotatable bonds is 1. The molecule has 1 atom stereocenters. The Balaban J connectivity index is 1.23. The zero-order valence-corrected chi connectivity index (χ0v) is 20.3. The summed E-state index contributed by atoms with van der Waals surface area (Å²) in [6.07, 6.45) is 5.72. The van der Waals surface area contributed by atoms with Gasteiger partial charge < -0.3 is 4.98 Å². The Labute approximate surface area is 212 Å². The van der Waals surface area contributed by atoms with Gasteiger partial charge in [-0.15, -0.1) is 11.3 Å². The molecule has 9 rings (SSSR count). The lowest BCUT2D eigenvalue weighted by Crippen LogP contribution is -2.04. The maximum Gasteiger partial charge on any atom is 0.0474 e. The second-order valence-corrected chi connectivity index (χ2v) is 11.2. The molecule has 2 aliphatic rings. The number of aromatic amines is 1. The van der Waals surface area contributed by atoms with Crippen molar-refractivity contribution in [2.24, 2.45) is 0 Å². The zero-order chi connectivity index (χ0) is 23.4. The fraction of sp³-hybridized carbons (Fsp3) is 0.0588. The van der Waals surface area contributed by atoms with Crippen molar-refractivity contribution < 1.29 is 0 Å². The van der Waals surface area contributed by atoms with Gasteiger partial charge in [0.25, 0.3) is 0 Å². The topological polar surface area (TPSA) is 15.8 Å². The Morgan fingerprint density at radius 3 is 2.36 bits per heavy atom. The Bertz CT molecular complexity index is 2080. The molecule has 0 radical (unpaired) electrons. The highest BCUT2D eigenvalue weighted by atomic mass is 32.1. The van der Waals surface area contributed by atoms with Gasteiger partial charge in [-0.05, 0) is 80.9 Å². The smallest absolute Gasteiger partial charge is 0.0474 e. The van der Waals surface area contributed by atoms with Crippen LogP contribution in [0.3, 0.4) is 0 Å². The first-order valence-corrected chi connectivity index (χ1v) is 13.4. The van der Waals surface area contributed by atoms with Crippen LogP contribution in [0.25, 0.3) is 70.2 Å². The Morgan fingerprint density at radius 1 is 0.639 bits per heavy atom. The molecule has 36 heavy (non-hydrogen) atoms. The third kappa shape index (κ3) is 2.40. The van der Waals surface area contributed by atoms with Crippen LogP contribution in [0.2, 0.25) is 0 Å². The van der Waals surface area contributed by atoms with E-state index in [4.69, 9.17) is 0 Å². The van der Waals surface area contributed by atoms with E-state index in [1.807, 2.05) is 11.3 Å². The molecule has 1 unspecified atom stereocenters. The van der Waals surface area contributed by atoms with E-state index in [0.29, 0.717) is 5.92 Å². The molecule has 2 heterocycles. The van der Waals surface area contributed by atoms with Gasteiger partial charge in [0, 0.05) is 42.7 Å². The molecule has 1 nitrogen and oxygen atoms in total. The van der Waals surface area contributed by atoms with E-state index >= 15 is 0 Å². The van der Waals surface area contributed by atoms with Crippen molar-refractivity contribution in [2.45, 2.75) is 12.3 Å². The number of fused-ring (bicyclic) bond motifs is 10. The Morgan fingerprint density at radius 2 is 1.42 bits per heavy atom. The van der Waals surface area contributed by atoms with E-state index < -0.39 is 0 Å². The summed E-state index contributed by atoms with van der Waals surface area (Å²) >= 11 is 1.89. The Kier molecular flexibility index (Phi) is 3.58. The molecule has 1 N–H and O–H groups in total. The van der Waals surface area contributed by atoms with Crippen LogP contribution in [0.1, 0.15) is 22.7 Å². The number of nitrogens with one attached hydrogen (secondary N) is 1. The minimum absolute atomic E-state index is 0.375. The molecule has 0 amide bonds. The fourth-order valence-electron chi connectivity index (χ4n) is 6.71. The molecule has 0 fully saturated rings. The van der Waals surface area contributed by atoms with E-state index in [1.165, 1.54) is 80.9 Å². The normalized spacial score (nSPS) is 15.8. The lowest BCUT2D eigenvalue weighted by molar-refractivity contribution is 0.833. The maximum absolute atomic E-state index is 3.77. The first-order chi connectivity index (χ1) is 17.8. The summed E-state index contributed by atoms with van der Waals surface area (Å²) in [5.41, 5.74) is 10.8. The van der Waals surface area contributed by atoms with Gasteiger partial charge in [0.2, 0.25) is 0 Å². The molecular weight excluding hydrogens is 454 g/mol. The molecule has 0 spiro atoms. The molecule has 2 aromatic heterocycles. The lowest BCUT2D eigenvalue weighted by Gasteiger charge is -2.18. The van der Waals surface area contributed by atoms with Crippen molar-refractivity contribution in [3.8, 4) is 22.3 Å². The van der Waals surface area contributed by atoms with Crippen molar-refractivity contribution >= 4 is 59.3 Å². The van der Waals surface area contributed by atoms with Crippen molar-refractivity contribution in [3.63, 3.8) is 0 Å². The quantitative estimate of drug-likeness (QED) is 0.243. The lowest BCUT2D eigenvalue weighted by atomic mass is 9.85. The zero-order valence-electron chi connectivity index (χ0n) is 19.5. The van der Waals surface area contributed by atoms with Gasteiger partial charge in [-0.3, -0.25) is 0 Å². The van der Waals surface area contributed by atoms with Gasteiger partial charge in [0.1, 0.15) is 0 Å². The third-order valence-corrected chi connectivity index (χ3v) is 9.46. The molecule has 0 saturated heterocycles. The summed E-state index contributed by atoms with van der Waals surface area (Å²) in [5.74, 6) is 0.375. The van der Waals surface area contributed by atoms with Crippen LogP contribution in [-0.4, -0.2) is 4.98 Å². The number of aromatic nitrogens is 1. The summed E-state index contributed by atoms with van der Waals surface area (Å²) in [7, 11) is 0. The highest BCUT2D eigenvalue weighted by Crippen LogP contribution is 2.50. The molecule has 2 heteroatoms. The summed E-state index contributed by atoms with van der Waals surface area (Å²) in [6.45, 7) is 0. The van der Waals surface area contributed by atoms with Crippen molar-refractivity contribution in [3.05, 3.63) is 114 Å². The molecule has 0 aliphatic heterocycles.